The van der Waals surface area contributed by atoms with E-state index in [1.165, 1.54) is 0 Å². The predicted molar refractivity (Wildman–Crippen MR) is 96.0 cm³/mol. The first-order chi connectivity index (χ1) is 12.3. The summed E-state index contributed by atoms with van der Waals surface area (Å²) in [6, 6.07) is 10.2. The Hall–Kier alpha value is -2.67. The van der Waals surface area contributed by atoms with Crippen molar-refractivity contribution >= 4 is 11.5 Å². The van der Waals surface area contributed by atoms with E-state index in [1.807, 2.05) is 23.1 Å². The zero-order valence-electron chi connectivity index (χ0n) is 14.0. The monoisotopic (exact) mass is 339 g/mol. The molecule has 0 spiro atoms. The van der Waals surface area contributed by atoms with E-state index in [9.17, 15) is 4.79 Å². The highest BCUT2D eigenvalue weighted by molar-refractivity contribution is 6.01. The van der Waals surface area contributed by atoms with Gasteiger partial charge in [0, 0.05) is 51.5 Å². The van der Waals surface area contributed by atoms with Crippen molar-refractivity contribution in [2.75, 3.05) is 37.6 Å². The smallest absolute Gasteiger partial charge is 0.290 e. The lowest BCUT2D eigenvalue weighted by Gasteiger charge is -2.35. The Morgan fingerprint density at radius 1 is 1.16 bits per heavy atom. The summed E-state index contributed by atoms with van der Waals surface area (Å²) in [6.45, 7) is 4.21. The summed E-state index contributed by atoms with van der Waals surface area (Å²) in [5, 5.41) is 4.25. The number of nitrogens with one attached hydrogen (secondary N) is 1. The van der Waals surface area contributed by atoms with Gasteiger partial charge < -0.3 is 14.7 Å². The molecule has 1 aromatic heterocycles. The van der Waals surface area contributed by atoms with E-state index in [-0.39, 0.29) is 11.7 Å². The molecule has 1 aromatic carbocycles. The Balaban J connectivity index is 1.29. The lowest BCUT2D eigenvalue weighted by molar-refractivity contribution is 0.0510. The van der Waals surface area contributed by atoms with Gasteiger partial charge in [0.15, 0.2) is 5.82 Å². The molecular formula is C18H21N5O2. The van der Waals surface area contributed by atoms with Crippen LogP contribution in [-0.2, 0) is 4.84 Å². The van der Waals surface area contributed by atoms with E-state index >= 15 is 0 Å². The number of rotatable bonds is 4. The second-order valence-electron chi connectivity index (χ2n) is 6.37. The van der Waals surface area contributed by atoms with Crippen molar-refractivity contribution in [1.29, 1.82) is 0 Å². The van der Waals surface area contributed by atoms with E-state index in [1.54, 1.807) is 12.4 Å². The van der Waals surface area contributed by atoms with Gasteiger partial charge in [-0.3, -0.25) is 9.69 Å². The zero-order chi connectivity index (χ0) is 17.1. The summed E-state index contributed by atoms with van der Waals surface area (Å²) in [4.78, 5) is 28.7. The number of aromatic nitrogens is 2. The summed E-state index contributed by atoms with van der Waals surface area (Å²) in [5.41, 5.74) is 2.02. The first kappa shape index (κ1) is 15.8. The minimum absolute atomic E-state index is 0.0972. The van der Waals surface area contributed by atoms with Crippen LogP contribution in [0.15, 0.2) is 52.7 Å². The number of nitrogens with zero attached hydrogens (tertiary/aromatic N) is 4. The van der Waals surface area contributed by atoms with E-state index in [4.69, 9.17) is 4.84 Å². The summed E-state index contributed by atoms with van der Waals surface area (Å²) < 4.78 is 0. The van der Waals surface area contributed by atoms with E-state index in [2.05, 4.69) is 32.2 Å². The topological polar surface area (TPSA) is 73.8 Å². The molecule has 1 fully saturated rings. The van der Waals surface area contributed by atoms with Gasteiger partial charge in [-0.15, -0.1) is 0 Å². The first-order valence-electron chi connectivity index (χ1n) is 8.59. The van der Waals surface area contributed by atoms with Crippen LogP contribution in [0.1, 0.15) is 12.0 Å². The van der Waals surface area contributed by atoms with Gasteiger partial charge in [0.1, 0.15) is 6.10 Å². The quantitative estimate of drug-likeness (QED) is 0.902. The van der Waals surface area contributed by atoms with Gasteiger partial charge in [0.2, 0.25) is 0 Å². The molecule has 2 aliphatic heterocycles. The molecule has 7 nitrogen and oxygen atoms in total. The molecule has 25 heavy (non-hydrogen) atoms. The zero-order valence-corrected chi connectivity index (χ0v) is 14.0. The highest BCUT2D eigenvalue weighted by Crippen LogP contribution is 2.18. The fraction of sp³-hybridized carbons (Fsp3) is 0.389. The maximum atomic E-state index is 11.8. The van der Waals surface area contributed by atoms with Gasteiger partial charge in [-0.25, -0.2) is 4.98 Å². The molecule has 0 amide bonds. The van der Waals surface area contributed by atoms with Gasteiger partial charge in [-0.1, -0.05) is 35.5 Å². The molecule has 0 bridgehead atoms. The van der Waals surface area contributed by atoms with Crippen molar-refractivity contribution in [3.8, 4) is 0 Å². The third-order valence-corrected chi connectivity index (χ3v) is 4.66. The number of hydrogen-bond acceptors (Lipinski definition) is 6. The van der Waals surface area contributed by atoms with Crippen molar-refractivity contribution in [2.24, 2.45) is 5.16 Å². The molecule has 2 aromatic rings. The Bertz CT molecular complexity index is 796. The van der Waals surface area contributed by atoms with E-state index in [0.717, 1.165) is 50.4 Å². The number of piperazine rings is 1. The van der Waals surface area contributed by atoms with Crippen LogP contribution in [0.4, 0.5) is 5.82 Å². The predicted octanol–water partition coefficient (Wildman–Crippen LogP) is 1.09. The normalized spacial score (nSPS) is 21.0. The second-order valence-corrected chi connectivity index (χ2v) is 6.37. The molecule has 0 radical (unpaired) electrons. The van der Waals surface area contributed by atoms with Crippen LogP contribution in [0.2, 0.25) is 0 Å². The summed E-state index contributed by atoms with van der Waals surface area (Å²) >= 11 is 0. The number of hydrogen-bond donors (Lipinski definition) is 1. The lowest BCUT2D eigenvalue weighted by atomic mass is 10.0. The van der Waals surface area contributed by atoms with Crippen LogP contribution < -0.4 is 10.5 Å². The fourth-order valence-electron chi connectivity index (χ4n) is 3.33. The third-order valence-electron chi connectivity index (χ3n) is 4.66. The number of anilines is 1. The fourth-order valence-corrected chi connectivity index (χ4v) is 3.33. The Morgan fingerprint density at radius 2 is 1.96 bits per heavy atom. The van der Waals surface area contributed by atoms with Crippen LogP contribution in [0.3, 0.4) is 0 Å². The molecule has 0 saturated carbocycles. The molecule has 1 atom stereocenters. The maximum Gasteiger partial charge on any atom is 0.290 e. The SMILES string of the molecule is O=c1[nH]ccnc1N1CCN(CC2CC(c3ccccc3)=NO2)CC1. The first-order valence-corrected chi connectivity index (χ1v) is 8.59. The van der Waals surface area contributed by atoms with Gasteiger partial charge in [0.05, 0.1) is 5.71 Å². The number of oxime groups is 1. The molecule has 1 N–H and O–H groups in total. The maximum absolute atomic E-state index is 11.8. The van der Waals surface area contributed by atoms with Gasteiger partial charge in [-0.05, 0) is 5.56 Å². The van der Waals surface area contributed by atoms with E-state index < -0.39 is 0 Å². The highest BCUT2D eigenvalue weighted by Gasteiger charge is 2.27. The Labute approximate surface area is 145 Å². The molecule has 4 rings (SSSR count). The Kier molecular flexibility index (Phi) is 4.47. The van der Waals surface area contributed by atoms with Gasteiger partial charge >= 0.3 is 0 Å². The minimum atomic E-state index is -0.129. The van der Waals surface area contributed by atoms with Gasteiger partial charge in [-0.2, -0.15) is 0 Å². The Morgan fingerprint density at radius 3 is 2.72 bits per heavy atom. The summed E-state index contributed by atoms with van der Waals surface area (Å²) in [5.74, 6) is 0.508. The summed E-state index contributed by atoms with van der Waals surface area (Å²) in [6.07, 6.45) is 4.12. The molecular weight excluding hydrogens is 318 g/mol. The average Bonchev–Trinajstić information content (AvgIpc) is 3.12. The van der Waals surface area contributed by atoms with E-state index in [0.29, 0.717) is 5.82 Å². The molecule has 1 saturated heterocycles. The van der Waals surface area contributed by atoms with Crippen LogP contribution in [0, 0.1) is 0 Å². The van der Waals surface area contributed by atoms with Gasteiger partial charge in [0.25, 0.3) is 5.56 Å². The van der Waals surface area contributed by atoms with Crippen LogP contribution in [0.25, 0.3) is 0 Å². The van der Waals surface area contributed by atoms with Crippen molar-refractivity contribution in [3.05, 3.63) is 58.6 Å². The molecule has 0 aliphatic carbocycles. The number of aromatic amines is 1. The summed E-state index contributed by atoms with van der Waals surface area (Å²) in [7, 11) is 0. The second kappa shape index (κ2) is 7.06. The average molecular weight is 339 g/mol. The van der Waals surface area contributed by atoms with Crippen LogP contribution >= 0.6 is 0 Å². The molecule has 1 unspecified atom stereocenters. The van der Waals surface area contributed by atoms with Crippen molar-refractivity contribution in [3.63, 3.8) is 0 Å². The lowest BCUT2D eigenvalue weighted by Crippen LogP contribution is -2.50. The minimum Gasteiger partial charge on any atom is -0.390 e. The van der Waals surface area contributed by atoms with Crippen LogP contribution in [-0.4, -0.2) is 59.4 Å². The molecule has 2 aliphatic rings. The van der Waals surface area contributed by atoms with Crippen LogP contribution in [0.5, 0.6) is 0 Å². The largest absolute Gasteiger partial charge is 0.390 e. The number of H-pyrrole nitrogens is 1. The standard InChI is InChI=1S/C18H21N5O2/c24-18-17(19-6-7-20-18)23-10-8-22(9-11-23)13-15-12-16(21-25-15)14-4-2-1-3-5-14/h1-7,15H,8-13H2,(H,20,24). The molecule has 130 valence electrons. The third kappa shape index (κ3) is 3.56. The number of benzene rings is 1. The van der Waals surface area contributed by atoms with Crippen molar-refractivity contribution in [1.82, 2.24) is 14.9 Å². The molecule has 7 heteroatoms. The van der Waals surface area contributed by atoms with Crippen molar-refractivity contribution in [2.45, 2.75) is 12.5 Å². The van der Waals surface area contributed by atoms with Crippen molar-refractivity contribution < 1.29 is 4.84 Å². The molecule has 3 heterocycles. The highest BCUT2D eigenvalue weighted by atomic mass is 16.6.